The first kappa shape index (κ1) is 12.3. The van der Waals surface area contributed by atoms with Gasteiger partial charge in [-0.3, -0.25) is 0 Å². The molecular weight excluding hydrogens is 204 g/mol. The second-order valence-corrected chi connectivity index (χ2v) is 3.87. The summed E-state index contributed by atoms with van der Waals surface area (Å²) >= 11 is 0. The van der Waals surface area contributed by atoms with Crippen LogP contribution < -0.4 is 5.32 Å². The zero-order valence-electron chi connectivity index (χ0n) is 9.44. The van der Waals surface area contributed by atoms with Gasteiger partial charge in [0.15, 0.2) is 0 Å². The summed E-state index contributed by atoms with van der Waals surface area (Å²) in [6, 6.07) is 6.56. The lowest BCUT2D eigenvalue weighted by Crippen LogP contribution is -2.23. The highest BCUT2D eigenvalue weighted by Gasteiger charge is 2.14. The van der Waals surface area contributed by atoms with E-state index in [2.05, 4.69) is 11.4 Å². The zero-order valence-corrected chi connectivity index (χ0v) is 9.44. The Morgan fingerprint density at radius 1 is 1.31 bits per heavy atom. The molecule has 86 valence electrons. The van der Waals surface area contributed by atoms with Crippen molar-refractivity contribution in [3.8, 4) is 17.6 Å². The minimum Gasteiger partial charge on any atom is -0.507 e. The molecule has 1 aromatic rings. The van der Waals surface area contributed by atoms with Crippen LogP contribution in [0.4, 0.5) is 0 Å². The van der Waals surface area contributed by atoms with E-state index in [0.717, 1.165) is 0 Å². The fourth-order valence-corrected chi connectivity index (χ4v) is 1.49. The molecule has 0 aliphatic carbocycles. The monoisotopic (exact) mass is 220 g/mol. The summed E-state index contributed by atoms with van der Waals surface area (Å²) in [6.07, 6.45) is 0. The van der Waals surface area contributed by atoms with E-state index in [1.165, 1.54) is 12.1 Å². The number of benzene rings is 1. The molecule has 0 heterocycles. The van der Waals surface area contributed by atoms with Gasteiger partial charge < -0.3 is 15.5 Å². The van der Waals surface area contributed by atoms with E-state index < -0.39 is 0 Å². The predicted octanol–water partition coefficient (Wildman–Crippen LogP) is 1.91. The molecule has 2 unspecified atom stereocenters. The maximum atomic E-state index is 9.62. The molecule has 0 aliphatic heterocycles. The Labute approximate surface area is 95.2 Å². The fourth-order valence-electron chi connectivity index (χ4n) is 1.49. The van der Waals surface area contributed by atoms with Crippen LogP contribution in [-0.2, 0) is 0 Å². The number of rotatable bonds is 4. The number of nitriles is 1. The molecular formula is C12H16N2O2. The number of hydrogen-bond donors (Lipinski definition) is 3. The Bertz CT molecular complexity index is 378. The molecule has 1 rings (SSSR count). The summed E-state index contributed by atoms with van der Waals surface area (Å²) < 4.78 is 0. The van der Waals surface area contributed by atoms with Gasteiger partial charge in [-0.05, 0) is 26.0 Å². The van der Waals surface area contributed by atoms with Crippen LogP contribution in [0.25, 0.3) is 0 Å². The maximum absolute atomic E-state index is 9.62. The van der Waals surface area contributed by atoms with Crippen LogP contribution in [-0.4, -0.2) is 16.8 Å². The smallest absolute Gasteiger partial charge is 0.124 e. The number of aromatic hydroxyl groups is 2. The van der Waals surface area contributed by atoms with Crippen molar-refractivity contribution in [1.29, 1.82) is 5.26 Å². The predicted molar refractivity (Wildman–Crippen MR) is 61.0 cm³/mol. The topological polar surface area (TPSA) is 76.3 Å². The maximum Gasteiger partial charge on any atom is 0.124 e. The third-order valence-electron chi connectivity index (χ3n) is 2.44. The van der Waals surface area contributed by atoms with Crippen molar-refractivity contribution in [2.24, 2.45) is 5.92 Å². The Balaban J connectivity index is 2.74. The molecule has 1 aromatic carbocycles. The molecule has 2 atom stereocenters. The highest BCUT2D eigenvalue weighted by Crippen LogP contribution is 2.31. The average Bonchev–Trinajstić information content (AvgIpc) is 2.25. The van der Waals surface area contributed by atoms with E-state index in [1.54, 1.807) is 6.07 Å². The van der Waals surface area contributed by atoms with Gasteiger partial charge in [0.05, 0.1) is 17.6 Å². The highest BCUT2D eigenvalue weighted by molar-refractivity contribution is 5.44. The first-order valence-electron chi connectivity index (χ1n) is 5.20. The zero-order chi connectivity index (χ0) is 12.1. The third-order valence-corrected chi connectivity index (χ3v) is 2.44. The van der Waals surface area contributed by atoms with E-state index in [4.69, 9.17) is 5.26 Å². The number of phenols is 2. The molecule has 0 saturated heterocycles. The lowest BCUT2D eigenvalue weighted by molar-refractivity contribution is 0.415. The van der Waals surface area contributed by atoms with Gasteiger partial charge in [-0.25, -0.2) is 0 Å². The Morgan fingerprint density at radius 3 is 2.38 bits per heavy atom. The van der Waals surface area contributed by atoms with E-state index in [0.29, 0.717) is 12.1 Å². The Kier molecular flexibility index (Phi) is 4.15. The van der Waals surface area contributed by atoms with Crippen LogP contribution >= 0.6 is 0 Å². The molecule has 16 heavy (non-hydrogen) atoms. The molecule has 0 bridgehead atoms. The highest BCUT2D eigenvalue weighted by atomic mass is 16.3. The van der Waals surface area contributed by atoms with Crippen LogP contribution in [0, 0.1) is 17.2 Å². The summed E-state index contributed by atoms with van der Waals surface area (Å²) in [4.78, 5) is 0. The fraction of sp³-hybridized carbons (Fsp3) is 0.417. The summed E-state index contributed by atoms with van der Waals surface area (Å²) in [5.41, 5.74) is 0.465. The Morgan fingerprint density at radius 2 is 1.88 bits per heavy atom. The molecule has 0 amide bonds. The van der Waals surface area contributed by atoms with Gasteiger partial charge in [-0.2, -0.15) is 5.26 Å². The van der Waals surface area contributed by atoms with Crippen molar-refractivity contribution in [2.45, 2.75) is 19.9 Å². The van der Waals surface area contributed by atoms with Crippen molar-refractivity contribution >= 4 is 0 Å². The molecule has 3 N–H and O–H groups in total. The first-order valence-corrected chi connectivity index (χ1v) is 5.20. The minimum absolute atomic E-state index is 0.0598. The second-order valence-electron chi connectivity index (χ2n) is 3.87. The number of phenolic OH excluding ortho intramolecular Hbond substituents is 2. The second kappa shape index (κ2) is 5.38. The van der Waals surface area contributed by atoms with Crippen molar-refractivity contribution < 1.29 is 10.2 Å². The summed E-state index contributed by atoms with van der Waals surface area (Å²) in [6.45, 7) is 4.16. The van der Waals surface area contributed by atoms with E-state index in [1.807, 2.05) is 13.8 Å². The number of nitrogens with one attached hydrogen (secondary N) is 1. The van der Waals surface area contributed by atoms with Gasteiger partial charge in [-0.15, -0.1) is 0 Å². The summed E-state index contributed by atoms with van der Waals surface area (Å²) in [5, 5.41) is 31.0. The van der Waals surface area contributed by atoms with Crippen LogP contribution in [0.3, 0.4) is 0 Å². The normalized spacial score (nSPS) is 14.1. The van der Waals surface area contributed by atoms with E-state index in [9.17, 15) is 10.2 Å². The third kappa shape index (κ3) is 2.88. The number of hydrogen-bond acceptors (Lipinski definition) is 4. The standard InChI is InChI=1S/C12H16N2O2/c1-8(6-13)7-14-9(2)12-10(15)4-3-5-11(12)16/h3-5,8-9,14-16H,7H2,1-2H3. The Hall–Kier alpha value is -1.73. The van der Waals surface area contributed by atoms with Crippen LogP contribution in [0.15, 0.2) is 18.2 Å². The molecule has 0 fully saturated rings. The van der Waals surface area contributed by atoms with Gasteiger partial charge in [0.25, 0.3) is 0 Å². The van der Waals surface area contributed by atoms with E-state index in [-0.39, 0.29) is 23.5 Å². The van der Waals surface area contributed by atoms with Crippen molar-refractivity contribution in [3.05, 3.63) is 23.8 Å². The largest absolute Gasteiger partial charge is 0.507 e. The molecule has 0 radical (unpaired) electrons. The van der Waals surface area contributed by atoms with Crippen LogP contribution in [0.5, 0.6) is 11.5 Å². The van der Waals surface area contributed by atoms with Crippen molar-refractivity contribution in [3.63, 3.8) is 0 Å². The van der Waals surface area contributed by atoms with Gasteiger partial charge in [-0.1, -0.05) is 6.07 Å². The van der Waals surface area contributed by atoms with E-state index >= 15 is 0 Å². The molecule has 4 heteroatoms. The molecule has 0 saturated carbocycles. The quantitative estimate of drug-likeness (QED) is 0.724. The van der Waals surface area contributed by atoms with Gasteiger partial charge in [0.1, 0.15) is 11.5 Å². The summed E-state index contributed by atoms with van der Waals surface area (Å²) in [7, 11) is 0. The molecule has 0 aliphatic rings. The minimum atomic E-state index is -0.197. The molecule has 0 spiro atoms. The SMILES string of the molecule is CC(C#N)CNC(C)c1c(O)cccc1O. The lowest BCUT2D eigenvalue weighted by Gasteiger charge is -2.17. The van der Waals surface area contributed by atoms with Crippen molar-refractivity contribution in [1.82, 2.24) is 5.32 Å². The lowest BCUT2D eigenvalue weighted by atomic mass is 10.1. The van der Waals surface area contributed by atoms with Crippen molar-refractivity contribution in [2.75, 3.05) is 6.54 Å². The van der Waals surface area contributed by atoms with Crippen LogP contribution in [0.2, 0.25) is 0 Å². The van der Waals surface area contributed by atoms with Gasteiger partial charge in [0, 0.05) is 12.6 Å². The van der Waals surface area contributed by atoms with Gasteiger partial charge in [0.2, 0.25) is 0 Å². The molecule has 0 aromatic heterocycles. The first-order chi connectivity index (χ1) is 7.56. The van der Waals surface area contributed by atoms with Gasteiger partial charge >= 0.3 is 0 Å². The average molecular weight is 220 g/mol. The van der Waals surface area contributed by atoms with Crippen LogP contribution in [0.1, 0.15) is 25.5 Å². The summed E-state index contributed by atoms with van der Waals surface area (Å²) in [5.74, 6) is 0.0182. The number of nitrogens with zero attached hydrogens (tertiary/aromatic N) is 1. The molecule has 4 nitrogen and oxygen atoms in total.